The lowest BCUT2D eigenvalue weighted by molar-refractivity contribution is -0.0716. The van der Waals surface area contributed by atoms with Crippen LogP contribution in [0.25, 0.3) is 22.4 Å². The molecule has 12 heteroatoms. The van der Waals surface area contributed by atoms with Crippen LogP contribution in [0, 0.1) is 21.6 Å². The summed E-state index contributed by atoms with van der Waals surface area (Å²) in [5.41, 5.74) is 5.37. The van der Waals surface area contributed by atoms with E-state index in [0.29, 0.717) is 28.7 Å². The van der Waals surface area contributed by atoms with Gasteiger partial charge in [-0.25, -0.2) is 10.1 Å². The van der Waals surface area contributed by atoms with Crippen molar-refractivity contribution in [2.24, 2.45) is 5.41 Å². The number of rotatable bonds is 6. The zero-order valence-electron chi connectivity index (χ0n) is 25.2. The van der Waals surface area contributed by atoms with Gasteiger partial charge in [0, 0.05) is 44.3 Å². The predicted octanol–water partition coefficient (Wildman–Crippen LogP) is 6.22. The van der Waals surface area contributed by atoms with Gasteiger partial charge in [0.05, 0.1) is 34.9 Å². The van der Waals surface area contributed by atoms with Gasteiger partial charge in [0.15, 0.2) is 17.3 Å². The summed E-state index contributed by atoms with van der Waals surface area (Å²) in [4.78, 5) is 16.6. The Kier molecular flexibility index (Phi) is 6.08. The maximum atomic E-state index is 9.17. The second kappa shape index (κ2) is 10.1. The van der Waals surface area contributed by atoms with E-state index in [4.69, 9.17) is 35.9 Å². The van der Waals surface area contributed by atoms with Crippen molar-refractivity contribution in [3.63, 3.8) is 0 Å². The molecule has 1 aliphatic carbocycles. The lowest BCUT2D eigenvalue weighted by Crippen LogP contribution is -2.36. The van der Waals surface area contributed by atoms with Gasteiger partial charge in [-0.3, -0.25) is 4.98 Å². The number of benzene rings is 2. The highest BCUT2D eigenvalue weighted by Gasteiger charge is 2.58. The number of aromatic nitrogens is 5. The minimum atomic E-state index is -1.06. The Morgan fingerprint density at radius 3 is 2.70 bits per heavy atom. The Labute approximate surface area is 269 Å². The molecule has 0 amide bonds. The molecule has 1 saturated carbocycles. The first-order valence-corrected chi connectivity index (χ1v) is 16.1. The van der Waals surface area contributed by atoms with Gasteiger partial charge < -0.3 is 28.2 Å². The monoisotopic (exact) mass is 633 g/mol. The SMILES string of the molecule is C[C@]1(c2ccc(C#N)cn2)Oc2cccc(N3CCC4(CC3)CC4c3nc4ccc(-c5nc(=S)o[nH]5)cc4n3C[C@@H]3CCO3)c2O1. The Morgan fingerprint density at radius 1 is 1.11 bits per heavy atom. The van der Waals surface area contributed by atoms with Crippen molar-refractivity contribution in [3.05, 3.63) is 76.6 Å². The van der Waals surface area contributed by atoms with Crippen LogP contribution in [0.4, 0.5) is 5.69 Å². The topological polar surface area (TPSA) is 127 Å². The van der Waals surface area contributed by atoms with E-state index < -0.39 is 5.79 Å². The van der Waals surface area contributed by atoms with Gasteiger partial charge >= 0.3 is 4.84 Å². The number of ether oxygens (including phenoxy) is 3. The first kappa shape index (κ1) is 27.6. The molecule has 3 aliphatic heterocycles. The fourth-order valence-electron chi connectivity index (χ4n) is 7.38. The smallest absolute Gasteiger partial charge is 0.314 e. The molecule has 46 heavy (non-hydrogen) atoms. The third-order valence-corrected chi connectivity index (χ3v) is 10.4. The highest BCUT2D eigenvalue weighted by molar-refractivity contribution is 7.71. The highest BCUT2D eigenvalue weighted by Crippen LogP contribution is 2.65. The lowest BCUT2D eigenvalue weighted by Gasteiger charge is -2.35. The number of pyridine rings is 1. The number of anilines is 1. The number of para-hydroxylation sites is 1. The summed E-state index contributed by atoms with van der Waals surface area (Å²) < 4.78 is 26.2. The van der Waals surface area contributed by atoms with Crippen molar-refractivity contribution in [2.75, 3.05) is 24.6 Å². The number of hydrogen-bond acceptors (Lipinski definition) is 10. The molecule has 232 valence electrons. The van der Waals surface area contributed by atoms with Crippen LogP contribution in [0.2, 0.25) is 0 Å². The van der Waals surface area contributed by atoms with E-state index >= 15 is 0 Å². The maximum absolute atomic E-state index is 9.17. The van der Waals surface area contributed by atoms with Crippen molar-refractivity contribution in [1.82, 2.24) is 24.7 Å². The Hall–Kier alpha value is -4.73. The van der Waals surface area contributed by atoms with Crippen LogP contribution in [0.3, 0.4) is 0 Å². The molecule has 9 rings (SSSR count). The number of nitrogens with one attached hydrogen (secondary N) is 1. The van der Waals surface area contributed by atoms with Crippen LogP contribution in [-0.4, -0.2) is 50.5 Å². The Balaban J connectivity index is 0.959. The molecule has 3 atom stereocenters. The van der Waals surface area contributed by atoms with Crippen LogP contribution in [0.15, 0.2) is 59.3 Å². The van der Waals surface area contributed by atoms with Crippen molar-refractivity contribution in [3.8, 4) is 29.0 Å². The zero-order chi connectivity index (χ0) is 31.0. The van der Waals surface area contributed by atoms with Crippen molar-refractivity contribution < 1.29 is 18.7 Å². The largest absolute Gasteiger partial charge is 0.443 e. The number of fused-ring (bicyclic) bond motifs is 2. The molecule has 6 heterocycles. The molecule has 3 aromatic heterocycles. The molecule has 11 nitrogen and oxygen atoms in total. The molecule has 1 N–H and O–H groups in total. The number of nitriles is 1. The van der Waals surface area contributed by atoms with Gasteiger partial charge in [-0.05, 0) is 85.8 Å². The predicted molar refractivity (Wildman–Crippen MR) is 170 cm³/mol. The second-order valence-corrected chi connectivity index (χ2v) is 13.2. The molecule has 1 unspecified atom stereocenters. The Morgan fingerprint density at radius 2 is 1.98 bits per heavy atom. The lowest BCUT2D eigenvalue weighted by atomic mass is 9.90. The number of aromatic amines is 1. The van der Waals surface area contributed by atoms with E-state index in [1.807, 2.05) is 25.1 Å². The number of hydrogen-bond donors (Lipinski definition) is 1. The summed E-state index contributed by atoms with van der Waals surface area (Å²) in [6.45, 7) is 5.32. The number of piperidine rings is 1. The van der Waals surface area contributed by atoms with Crippen molar-refractivity contribution in [1.29, 1.82) is 5.26 Å². The minimum Gasteiger partial charge on any atom is -0.443 e. The first-order chi connectivity index (χ1) is 22.4. The molecule has 4 aliphatic rings. The summed E-state index contributed by atoms with van der Waals surface area (Å²) in [5.74, 6) is 2.56. The second-order valence-electron chi connectivity index (χ2n) is 12.9. The summed E-state index contributed by atoms with van der Waals surface area (Å²) in [5, 5.41) is 12.0. The van der Waals surface area contributed by atoms with Crippen LogP contribution in [0.1, 0.15) is 55.6 Å². The van der Waals surface area contributed by atoms with Gasteiger partial charge in [-0.1, -0.05) is 6.07 Å². The van der Waals surface area contributed by atoms with E-state index in [0.717, 1.165) is 85.8 Å². The highest BCUT2D eigenvalue weighted by atomic mass is 32.1. The van der Waals surface area contributed by atoms with Gasteiger partial charge in [0.2, 0.25) is 0 Å². The maximum Gasteiger partial charge on any atom is 0.314 e. The summed E-state index contributed by atoms with van der Waals surface area (Å²) in [6.07, 6.45) is 6.09. The molecule has 0 radical (unpaired) electrons. The van der Waals surface area contributed by atoms with E-state index in [9.17, 15) is 5.26 Å². The van der Waals surface area contributed by atoms with Gasteiger partial charge in [-0.2, -0.15) is 10.2 Å². The van der Waals surface area contributed by atoms with Crippen LogP contribution >= 0.6 is 12.2 Å². The fourth-order valence-corrected chi connectivity index (χ4v) is 7.52. The quantitative estimate of drug-likeness (QED) is 0.215. The standard InChI is InChI=1S/C34H31N7O4S/c1-33(28-8-5-20(17-35)18-36-28)43-27-4-2-3-25(29(27)44-33)40-12-10-34(11-13-40)16-23(34)31-37-24-7-6-21(30-38-32(46)45-39-30)15-26(24)41(31)19-22-9-14-42-22/h2-8,15,18,22-23H,9-14,16,19H2,1H3,(H,38,39,46)/t22-,23?,33-/m0/s1. The molecule has 1 spiro atoms. The van der Waals surface area contributed by atoms with E-state index in [1.165, 1.54) is 0 Å². The fraction of sp³-hybridized carbons (Fsp3) is 0.382. The van der Waals surface area contributed by atoms with Crippen molar-refractivity contribution in [2.45, 2.75) is 57.0 Å². The Bertz CT molecular complexity index is 2080. The average Bonchev–Trinajstić information content (AvgIpc) is 3.34. The third kappa shape index (κ3) is 4.40. The van der Waals surface area contributed by atoms with Crippen molar-refractivity contribution >= 4 is 28.9 Å². The van der Waals surface area contributed by atoms with Gasteiger partial charge in [-0.15, -0.1) is 0 Å². The summed E-state index contributed by atoms with van der Waals surface area (Å²) >= 11 is 5.08. The molecule has 3 fully saturated rings. The van der Waals surface area contributed by atoms with E-state index in [-0.39, 0.29) is 16.4 Å². The molecule has 5 aromatic rings. The molecule has 0 bridgehead atoms. The first-order valence-electron chi connectivity index (χ1n) is 15.7. The third-order valence-electron chi connectivity index (χ3n) is 10.2. The average molecular weight is 634 g/mol. The van der Waals surface area contributed by atoms with E-state index in [2.05, 4.69) is 48.9 Å². The summed E-state index contributed by atoms with van der Waals surface area (Å²) in [6, 6.07) is 17.9. The number of H-pyrrole nitrogens is 1. The number of nitrogens with zero attached hydrogens (tertiary/aromatic N) is 6. The van der Waals surface area contributed by atoms with Crippen LogP contribution in [0.5, 0.6) is 11.5 Å². The molecular formula is C34H31N7O4S. The van der Waals surface area contributed by atoms with E-state index in [1.54, 1.807) is 18.3 Å². The van der Waals surface area contributed by atoms with Crippen LogP contribution in [-0.2, 0) is 17.1 Å². The molecular weight excluding hydrogens is 602 g/mol. The molecule has 2 aromatic carbocycles. The summed E-state index contributed by atoms with van der Waals surface area (Å²) in [7, 11) is 0. The van der Waals surface area contributed by atoms with Gasteiger partial charge in [0.1, 0.15) is 17.6 Å². The molecule has 2 saturated heterocycles. The number of imidazole rings is 1. The zero-order valence-corrected chi connectivity index (χ0v) is 26.0. The van der Waals surface area contributed by atoms with Gasteiger partial charge in [0.25, 0.3) is 5.79 Å². The minimum absolute atomic E-state index is 0.190. The van der Waals surface area contributed by atoms with Crippen LogP contribution < -0.4 is 14.4 Å². The normalized spacial score (nSPS) is 24.2.